The van der Waals surface area contributed by atoms with Gasteiger partial charge in [0.2, 0.25) is 0 Å². The standard InChI is InChI=1S/C6H13O2PS/c1-3-9(10,4-2)5-6(7)8/h3-5H2,1-2H3,(H,7,8). The van der Waals surface area contributed by atoms with Crippen molar-refractivity contribution in [1.82, 2.24) is 0 Å². The highest BCUT2D eigenvalue weighted by Gasteiger charge is 2.15. The molecule has 0 aromatic rings. The molecule has 0 atom stereocenters. The molecule has 0 saturated heterocycles. The minimum atomic E-state index is -1.50. The first kappa shape index (κ1) is 10.1. The van der Waals surface area contributed by atoms with Gasteiger partial charge in [-0.15, -0.1) is 0 Å². The van der Waals surface area contributed by atoms with Crippen molar-refractivity contribution >= 4 is 23.8 Å². The van der Waals surface area contributed by atoms with Crippen molar-refractivity contribution in [2.45, 2.75) is 13.8 Å². The van der Waals surface area contributed by atoms with Crippen LogP contribution in [0.5, 0.6) is 0 Å². The first-order valence-corrected chi connectivity index (χ1v) is 6.68. The third-order valence-corrected chi connectivity index (χ3v) is 6.66. The quantitative estimate of drug-likeness (QED) is 0.667. The Bertz CT molecular complexity index is 159. The van der Waals surface area contributed by atoms with Crippen LogP contribution in [-0.4, -0.2) is 29.6 Å². The number of rotatable bonds is 4. The molecular formula is C6H13O2PS. The van der Waals surface area contributed by atoms with Gasteiger partial charge in [-0.2, -0.15) is 0 Å². The van der Waals surface area contributed by atoms with E-state index in [9.17, 15) is 4.79 Å². The molecule has 0 aromatic heterocycles. The van der Waals surface area contributed by atoms with Crippen LogP contribution in [0.15, 0.2) is 0 Å². The van der Waals surface area contributed by atoms with Crippen LogP contribution < -0.4 is 0 Å². The summed E-state index contributed by atoms with van der Waals surface area (Å²) >= 11 is 5.21. The first-order chi connectivity index (χ1) is 4.54. The van der Waals surface area contributed by atoms with Gasteiger partial charge in [-0.05, 0) is 18.4 Å². The van der Waals surface area contributed by atoms with Crippen molar-refractivity contribution < 1.29 is 9.90 Å². The maximum absolute atomic E-state index is 10.3. The van der Waals surface area contributed by atoms with Crippen molar-refractivity contribution in [3.05, 3.63) is 0 Å². The lowest BCUT2D eigenvalue weighted by Crippen LogP contribution is -2.06. The summed E-state index contributed by atoms with van der Waals surface area (Å²) in [5.41, 5.74) is 0. The molecule has 0 rings (SSSR count). The zero-order valence-electron chi connectivity index (χ0n) is 6.33. The molecule has 0 aliphatic rings. The second-order valence-electron chi connectivity index (χ2n) is 2.24. The van der Waals surface area contributed by atoms with Gasteiger partial charge in [-0.1, -0.05) is 25.7 Å². The van der Waals surface area contributed by atoms with E-state index in [0.717, 1.165) is 12.3 Å². The number of hydrogen-bond acceptors (Lipinski definition) is 2. The van der Waals surface area contributed by atoms with E-state index in [-0.39, 0.29) is 6.16 Å². The van der Waals surface area contributed by atoms with Gasteiger partial charge in [0.25, 0.3) is 0 Å². The maximum Gasteiger partial charge on any atom is 0.308 e. The fourth-order valence-electron chi connectivity index (χ4n) is 0.694. The Hall–Kier alpha value is 0.120. The molecular weight excluding hydrogens is 167 g/mol. The molecule has 0 radical (unpaired) electrons. The molecule has 60 valence electrons. The van der Waals surface area contributed by atoms with E-state index >= 15 is 0 Å². The molecule has 2 nitrogen and oxygen atoms in total. The number of carboxylic acid groups (broad SMARTS) is 1. The molecule has 0 fully saturated rings. The number of hydrogen-bond donors (Lipinski definition) is 1. The predicted molar refractivity (Wildman–Crippen MR) is 47.9 cm³/mol. The topological polar surface area (TPSA) is 37.3 Å². The van der Waals surface area contributed by atoms with Gasteiger partial charge in [0.1, 0.15) is 0 Å². The maximum atomic E-state index is 10.3. The lowest BCUT2D eigenvalue weighted by Gasteiger charge is -2.14. The summed E-state index contributed by atoms with van der Waals surface area (Å²) in [4.78, 5) is 10.3. The summed E-state index contributed by atoms with van der Waals surface area (Å²) in [5.74, 6) is -0.743. The Morgan fingerprint density at radius 2 is 1.90 bits per heavy atom. The highest BCUT2D eigenvalue weighted by atomic mass is 32.4. The minimum absolute atomic E-state index is 0.218. The minimum Gasteiger partial charge on any atom is -0.481 e. The Morgan fingerprint density at radius 3 is 2.00 bits per heavy atom. The van der Waals surface area contributed by atoms with Gasteiger partial charge in [-0.25, -0.2) is 0 Å². The van der Waals surface area contributed by atoms with Crippen LogP contribution in [-0.2, 0) is 16.6 Å². The largest absolute Gasteiger partial charge is 0.481 e. The second-order valence-corrected chi connectivity index (χ2v) is 8.26. The van der Waals surface area contributed by atoms with Crippen molar-refractivity contribution in [1.29, 1.82) is 0 Å². The van der Waals surface area contributed by atoms with E-state index in [1.165, 1.54) is 0 Å². The Kier molecular flexibility index (Phi) is 4.14. The normalized spacial score (nSPS) is 11.4. The van der Waals surface area contributed by atoms with Gasteiger partial charge in [-0.3, -0.25) is 4.79 Å². The average molecular weight is 180 g/mol. The first-order valence-electron chi connectivity index (χ1n) is 3.33. The van der Waals surface area contributed by atoms with Gasteiger partial charge in [0, 0.05) is 0 Å². The van der Waals surface area contributed by atoms with Gasteiger partial charge < -0.3 is 5.11 Å². The van der Waals surface area contributed by atoms with E-state index in [1.54, 1.807) is 0 Å². The number of aliphatic carboxylic acids is 1. The summed E-state index contributed by atoms with van der Waals surface area (Å²) in [6.45, 7) is 3.96. The summed E-state index contributed by atoms with van der Waals surface area (Å²) in [6.07, 6.45) is 1.95. The van der Waals surface area contributed by atoms with E-state index in [1.807, 2.05) is 13.8 Å². The molecule has 0 bridgehead atoms. The summed E-state index contributed by atoms with van der Waals surface area (Å²) in [6, 6.07) is -1.50. The predicted octanol–water partition coefficient (Wildman–Crippen LogP) is 1.59. The SMILES string of the molecule is CCP(=S)(CC)CC(=O)O. The molecule has 0 saturated carbocycles. The number of carboxylic acids is 1. The highest BCUT2D eigenvalue weighted by Crippen LogP contribution is 2.44. The lowest BCUT2D eigenvalue weighted by molar-refractivity contribution is -0.134. The number of carbonyl (C=O) groups is 1. The van der Waals surface area contributed by atoms with Gasteiger partial charge in [0.05, 0.1) is 6.16 Å². The molecule has 10 heavy (non-hydrogen) atoms. The van der Waals surface area contributed by atoms with E-state index < -0.39 is 12.0 Å². The van der Waals surface area contributed by atoms with Crippen molar-refractivity contribution in [3.8, 4) is 0 Å². The van der Waals surface area contributed by atoms with Crippen LogP contribution in [0, 0.1) is 0 Å². The molecule has 0 aromatic carbocycles. The summed E-state index contributed by atoms with van der Waals surface area (Å²) in [5, 5.41) is 8.47. The molecule has 0 aliphatic heterocycles. The molecule has 0 heterocycles. The third-order valence-electron chi connectivity index (χ3n) is 1.58. The van der Waals surface area contributed by atoms with Crippen molar-refractivity contribution in [3.63, 3.8) is 0 Å². The van der Waals surface area contributed by atoms with Gasteiger partial charge in [0.15, 0.2) is 0 Å². The summed E-state index contributed by atoms with van der Waals surface area (Å²) in [7, 11) is 0. The zero-order valence-corrected chi connectivity index (χ0v) is 8.04. The van der Waals surface area contributed by atoms with E-state index in [2.05, 4.69) is 0 Å². The molecule has 0 amide bonds. The average Bonchev–Trinajstić information content (AvgIpc) is 1.87. The van der Waals surface area contributed by atoms with Crippen LogP contribution in [0.3, 0.4) is 0 Å². The molecule has 1 N–H and O–H groups in total. The Labute approximate surface area is 66.6 Å². The van der Waals surface area contributed by atoms with E-state index in [0.29, 0.717) is 0 Å². The van der Waals surface area contributed by atoms with Crippen LogP contribution >= 0.6 is 6.04 Å². The van der Waals surface area contributed by atoms with Crippen LogP contribution in [0.1, 0.15) is 13.8 Å². The Morgan fingerprint density at radius 1 is 1.50 bits per heavy atom. The third kappa shape index (κ3) is 3.33. The monoisotopic (exact) mass is 180 g/mol. The highest BCUT2D eigenvalue weighted by molar-refractivity contribution is 8.14. The van der Waals surface area contributed by atoms with Gasteiger partial charge >= 0.3 is 5.97 Å². The molecule has 0 spiro atoms. The zero-order chi connectivity index (χ0) is 8.20. The fourth-order valence-corrected chi connectivity index (χ4v) is 2.41. The molecule has 0 aliphatic carbocycles. The molecule has 0 unspecified atom stereocenters. The van der Waals surface area contributed by atoms with Crippen LogP contribution in [0.4, 0.5) is 0 Å². The lowest BCUT2D eigenvalue weighted by atomic mass is 10.8. The smallest absolute Gasteiger partial charge is 0.308 e. The fraction of sp³-hybridized carbons (Fsp3) is 0.833. The van der Waals surface area contributed by atoms with Crippen molar-refractivity contribution in [2.24, 2.45) is 0 Å². The Balaban J connectivity index is 4.07. The van der Waals surface area contributed by atoms with E-state index in [4.69, 9.17) is 16.9 Å². The molecule has 4 heteroatoms. The second kappa shape index (κ2) is 4.09. The van der Waals surface area contributed by atoms with Crippen LogP contribution in [0.2, 0.25) is 0 Å². The van der Waals surface area contributed by atoms with Crippen LogP contribution in [0.25, 0.3) is 0 Å². The van der Waals surface area contributed by atoms with Crippen molar-refractivity contribution in [2.75, 3.05) is 18.5 Å². The summed E-state index contributed by atoms with van der Waals surface area (Å²) < 4.78 is 0.